The average Bonchev–Trinajstić information content (AvgIpc) is 2.66. The van der Waals surface area contributed by atoms with Gasteiger partial charge < -0.3 is 5.32 Å². The van der Waals surface area contributed by atoms with E-state index in [9.17, 15) is 5.26 Å². The number of nitriles is 1. The number of hydrogen-bond donors (Lipinski definition) is 1. The molecule has 0 bridgehead atoms. The van der Waals surface area contributed by atoms with E-state index in [1.165, 1.54) is 27.1 Å². The van der Waals surface area contributed by atoms with Crippen molar-refractivity contribution < 1.29 is 0 Å². The van der Waals surface area contributed by atoms with Crippen LogP contribution in [0.5, 0.6) is 0 Å². The van der Waals surface area contributed by atoms with E-state index in [0.717, 1.165) is 26.2 Å². The first kappa shape index (κ1) is 20.5. The number of piperazine rings is 1. The van der Waals surface area contributed by atoms with E-state index in [1.54, 1.807) is 0 Å². The summed E-state index contributed by atoms with van der Waals surface area (Å²) in [5.41, 5.74) is 1.28. The number of rotatable bonds is 3. The summed E-state index contributed by atoms with van der Waals surface area (Å²) in [5.74, 6) is 0. The molecule has 1 saturated heterocycles. The SMILES string of the molecule is Cl.Cl.N#CC[C@@H](c1cc2ccccc2c2ccccc12)N1CCNCC1. The van der Waals surface area contributed by atoms with Crippen LogP contribution in [0.2, 0.25) is 0 Å². The van der Waals surface area contributed by atoms with E-state index in [0.29, 0.717) is 6.42 Å². The van der Waals surface area contributed by atoms with Crippen LogP contribution in [0, 0.1) is 11.3 Å². The Morgan fingerprint density at radius 2 is 1.54 bits per heavy atom. The van der Waals surface area contributed by atoms with E-state index < -0.39 is 0 Å². The second kappa shape index (κ2) is 9.21. The highest BCUT2D eigenvalue weighted by atomic mass is 35.5. The zero-order valence-electron chi connectivity index (χ0n) is 14.5. The van der Waals surface area contributed by atoms with Crippen molar-refractivity contribution in [1.29, 1.82) is 5.26 Å². The smallest absolute Gasteiger partial charge is 0.0641 e. The number of hydrogen-bond acceptors (Lipinski definition) is 3. The van der Waals surface area contributed by atoms with Crippen LogP contribution in [0.1, 0.15) is 18.0 Å². The molecule has 5 heteroatoms. The van der Waals surface area contributed by atoms with Crippen LogP contribution in [0.25, 0.3) is 21.5 Å². The molecule has 1 fully saturated rings. The summed E-state index contributed by atoms with van der Waals surface area (Å²) in [7, 11) is 0. The fourth-order valence-corrected chi connectivity index (χ4v) is 3.87. The number of benzene rings is 3. The quantitative estimate of drug-likeness (QED) is 0.662. The fraction of sp³-hybridized carbons (Fsp3) is 0.286. The molecule has 1 aliphatic heterocycles. The Labute approximate surface area is 166 Å². The summed E-state index contributed by atoms with van der Waals surface area (Å²) < 4.78 is 0. The molecule has 0 spiro atoms. The molecule has 0 unspecified atom stereocenters. The maximum atomic E-state index is 9.42. The number of fused-ring (bicyclic) bond motifs is 3. The van der Waals surface area contributed by atoms with Gasteiger partial charge in [-0.15, -0.1) is 24.8 Å². The van der Waals surface area contributed by atoms with Crippen LogP contribution in [0.15, 0.2) is 54.6 Å². The summed E-state index contributed by atoms with van der Waals surface area (Å²) in [6.45, 7) is 3.97. The van der Waals surface area contributed by atoms with E-state index in [1.807, 2.05) is 0 Å². The van der Waals surface area contributed by atoms with Gasteiger partial charge in [0.25, 0.3) is 0 Å². The Bertz CT molecular complexity index is 914. The van der Waals surface area contributed by atoms with Gasteiger partial charge in [0.05, 0.1) is 12.5 Å². The van der Waals surface area contributed by atoms with Gasteiger partial charge in [0.1, 0.15) is 0 Å². The second-order valence-electron chi connectivity index (χ2n) is 6.40. The monoisotopic (exact) mass is 387 g/mol. The minimum Gasteiger partial charge on any atom is -0.314 e. The first-order valence-electron chi connectivity index (χ1n) is 8.60. The van der Waals surface area contributed by atoms with E-state index in [4.69, 9.17) is 0 Å². The summed E-state index contributed by atoms with van der Waals surface area (Å²) in [5, 5.41) is 17.9. The molecule has 0 radical (unpaired) electrons. The molecule has 136 valence electrons. The molecular formula is C21H23Cl2N3. The fourth-order valence-electron chi connectivity index (χ4n) is 3.87. The molecule has 3 aromatic rings. The van der Waals surface area contributed by atoms with Crippen molar-refractivity contribution in [3.05, 3.63) is 60.2 Å². The number of nitrogens with zero attached hydrogens (tertiary/aromatic N) is 2. The van der Waals surface area contributed by atoms with Crippen molar-refractivity contribution in [1.82, 2.24) is 10.2 Å². The highest BCUT2D eigenvalue weighted by Gasteiger charge is 2.24. The Morgan fingerprint density at radius 3 is 2.23 bits per heavy atom. The molecule has 3 nitrogen and oxygen atoms in total. The van der Waals surface area contributed by atoms with Gasteiger partial charge in [0.15, 0.2) is 0 Å². The molecule has 4 rings (SSSR count). The van der Waals surface area contributed by atoms with Crippen LogP contribution in [-0.4, -0.2) is 31.1 Å². The van der Waals surface area contributed by atoms with Crippen molar-refractivity contribution in [2.75, 3.05) is 26.2 Å². The highest BCUT2D eigenvalue weighted by Crippen LogP contribution is 2.35. The molecule has 0 amide bonds. The lowest BCUT2D eigenvalue weighted by atomic mass is 9.91. The first-order valence-corrected chi connectivity index (χ1v) is 8.60. The molecule has 3 aromatic carbocycles. The van der Waals surface area contributed by atoms with Gasteiger partial charge >= 0.3 is 0 Å². The third kappa shape index (κ3) is 3.79. The largest absolute Gasteiger partial charge is 0.314 e. The second-order valence-corrected chi connectivity index (χ2v) is 6.40. The van der Waals surface area contributed by atoms with Gasteiger partial charge in [-0.2, -0.15) is 5.26 Å². The Morgan fingerprint density at radius 1 is 0.923 bits per heavy atom. The third-order valence-electron chi connectivity index (χ3n) is 5.04. The maximum Gasteiger partial charge on any atom is 0.0641 e. The zero-order valence-corrected chi connectivity index (χ0v) is 16.2. The molecule has 1 N–H and O–H groups in total. The normalized spacial score (nSPS) is 15.7. The van der Waals surface area contributed by atoms with Gasteiger partial charge in [0.2, 0.25) is 0 Å². The van der Waals surface area contributed by atoms with Gasteiger partial charge in [-0.05, 0) is 33.2 Å². The van der Waals surface area contributed by atoms with Crippen molar-refractivity contribution in [2.24, 2.45) is 0 Å². The van der Waals surface area contributed by atoms with Crippen molar-refractivity contribution in [2.45, 2.75) is 12.5 Å². The van der Waals surface area contributed by atoms with Crippen LogP contribution in [-0.2, 0) is 0 Å². The van der Waals surface area contributed by atoms with Crippen LogP contribution >= 0.6 is 24.8 Å². The molecule has 0 saturated carbocycles. The molecular weight excluding hydrogens is 365 g/mol. The maximum absolute atomic E-state index is 9.42. The average molecular weight is 388 g/mol. The minimum atomic E-state index is 0. The zero-order chi connectivity index (χ0) is 16.4. The van der Waals surface area contributed by atoms with Gasteiger partial charge in [-0.1, -0.05) is 48.5 Å². The van der Waals surface area contributed by atoms with Crippen LogP contribution < -0.4 is 5.32 Å². The van der Waals surface area contributed by atoms with Gasteiger partial charge in [-0.3, -0.25) is 4.90 Å². The third-order valence-corrected chi connectivity index (χ3v) is 5.04. The van der Waals surface area contributed by atoms with Crippen molar-refractivity contribution >= 4 is 46.4 Å². The van der Waals surface area contributed by atoms with E-state index in [2.05, 4.69) is 70.9 Å². The Balaban J connectivity index is 0.00000121. The minimum absolute atomic E-state index is 0. The van der Waals surface area contributed by atoms with E-state index >= 15 is 0 Å². The summed E-state index contributed by atoms with van der Waals surface area (Å²) in [4.78, 5) is 2.45. The lowest BCUT2D eigenvalue weighted by Crippen LogP contribution is -2.45. The summed E-state index contributed by atoms with van der Waals surface area (Å²) in [6, 6.07) is 22.0. The van der Waals surface area contributed by atoms with Crippen LogP contribution in [0.3, 0.4) is 0 Å². The van der Waals surface area contributed by atoms with E-state index in [-0.39, 0.29) is 30.9 Å². The van der Waals surface area contributed by atoms with Crippen LogP contribution in [0.4, 0.5) is 0 Å². The summed E-state index contributed by atoms with van der Waals surface area (Å²) >= 11 is 0. The molecule has 1 aliphatic rings. The predicted molar refractivity (Wildman–Crippen MR) is 113 cm³/mol. The lowest BCUT2D eigenvalue weighted by Gasteiger charge is -2.34. The highest BCUT2D eigenvalue weighted by molar-refractivity contribution is 6.09. The molecule has 0 aromatic heterocycles. The van der Waals surface area contributed by atoms with Gasteiger partial charge in [0, 0.05) is 32.2 Å². The number of nitrogens with one attached hydrogen (secondary N) is 1. The standard InChI is InChI=1S/C21H21N3.2ClH/c22-10-9-21(24-13-11-23-12-14-24)20-15-16-5-1-2-6-17(16)18-7-3-4-8-19(18)20;;/h1-8,15,21,23H,9,11-14H2;2*1H/t21-;;/m0../s1. The lowest BCUT2D eigenvalue weighted by molar-refractivity contribution is 0.176. The van der Waals surface area contributed by atoms with Gasteiger partial charge in [-0.25, -0.2) is 0 Å². The summed E-state index contributed by atoms with van der Waals surface area (Å²) in [6.07, 6.45) is 0.530. The molecule has 1 atom stereocenters. The van der Waals surface area contributed by atoms with Crippen molar-refractivity contribution in [3.8, 4) is 6.07 Å². The predicted octanol–water partition coefficient (Wildman–Crippen LogP) is 4.70. The first-order chi connectivity index (χ1) is 11.9. The Kier molecular flexibility index (Phi) is 7.25. The molecule has 1 heterocycles. The molecule has 26 heavy (non-hydrogen) atoms. The topological polar surface area (TPSA) is 39.1 Å². The Hall–Kier alpha value is -1.83. The van der Waals surface area contributed by atoms with Crippen molar-refractivity contribution in [3.63, 3.8) is 0 Å². The number of halogens is 2. The molecule has 0 aliphatic carbocycles.